The molecule has 0 bridgehead atoms. The highest BCUT2D eigenvalue weighted by Gasteiger charge is 2.86. The molecule has 25 heavy (non-hydrogen) atoms. The topological polar surface area (TPSA) is 98.2 Å². The quantitative estimate of drug-likeness (QED) is 0.594. The molecular weight excluding hydrogens is 326 g/mol. The van der Waals surface area contributed by atoms with Gasteiger partial charge in [0.15, 0.2) is 5.41 Å². The van der Waals surface area contributed by atoms with Crippen LogP contribution in [-0.4, -0.2) is 75.8 Å². The molecule has 1 unspecified atom stereocenters. The molecule has 3 fully saturated rings. The second-order valence-electron chi connectivity index (χ2n) is 8.13. The van der Waals surface area contributed by atoms with Gasteiger partial charge in [0.25, 0.3) is 5.91 Å². The third kappa shape index (κ3) is 1.77. The Balaban J connectivity index is 1.88. The first-order valence-corrected chi connectivity index (χ1v) is 8.61. The van der Waals surface area contributed by atoms with Gasteiger partial charge >= 0.3 is 12.0 Å². The summed E-state index contributed by atoms with van der Waals surface area (Å²) < 4.78 is 0. The van der Waals surface area contributed by atoms with E-state index in [1.807, 2.05) is 0 Å². The molecule has 3 rings (SSSR count). The number of amides is 4. The fraction of sp³-hybridized carbons (Fsp3) is 0.765. The van der Waals surface area contributed by atoms with E-state index in [9.17, 15) is 24.3 Å². The number of imide groups is 1. The van der Waals surface area contributed by atoms with Crippen LogP contribution in [0.1, 0.15) is 34.6 Å². The normalized spacial score (nSPS) is 28.8. The minimum absolute atomic E-state index is 0.0566. The maximum atomic E-state index is 13.2. The summed E-state index contributed by atoms with van der Waals surface area (Å²) in [7, 11) is 0. The summed E-state index contributed by atoms with van der Waals surface area (Å²) >= 11 is 0. The summed E-state index contributed by atoms with van der Waals surface area (Å²) in [5.41, 5.74) is -2.88. The summed E-state index contributed by atoms with van der Waals surface area (Å²) in [5, 5.41) is 9.85. The molecule has 1 atom stereocenters. The van der Waals surface area contributed by atoms with Gasteiger partial charge in [-0.3, -0.25) is 19.3 Å². The summed E-state index contributed by atoms with van der Waals surface area (Å²) in [5.74, 6) is -1.90. The van der Waals surface area contributed by atoms with Gasteiger partial charge in [-0.15, -0.1) is 0 Å². The van der Waals surface area contributed by atoms with Crippen LogP contribution in [0.3, 0.4) is 0 Å². The SMILES string of the molecule is CCN1C(=O)C2CN(C(=O)C3(C(=O)O)C(C)(C)C3(C)C)CCN2C1=O. The average molecular weight is 351 g/mol. The molecule has 2 heterocycles. The van der Waals surface area contributed by atoms with E-state index in [1.54, 1.807) is 34.6 Å². The highest BCUT2D eigenvalue weighted by molar-refractivity contribution is 6.09. The van der Waals surface area contributed by atoms with Gasteiger partial charge in [-0.1, -0.05) is 27.7 Å². The van der Waals surface area contributed by atoms with Crippen molar-refractivity contribution in [2.75, 3.05) is 26.2 Å². The second kappa shape index (κ2) is 4.95. The van der Waals surface area contributed by atoms with Crippen molar-refractivity contribution in [2.24, 2.45) is 16.2 Å². The first kappa shape index (κ1) is 17.7. The third-order valence-electron chi connectivity index (χ3n) is 7.03. The molecule has 1 aliphatic carbocycles. The van der Waals surface area contributed by atoms with Crippen molar-refractivity contribution < 1.29 is 24.3 Å². The van der Waals surface area contributed by atoms with Gasteiger partial charge in [-0.05, 0) is 17.8 Å². The van der Waals surface area contributed by atoms with E-state index in [2.05, 4.69) is 0 Å². The maximum Gasteiger partial charge on any atom is 0.327 e. The molecule has 0 aromatic heterocycles. The first-order valence-electron chi connectivity index (χ1n) is 8.61. The maximum absolute atomic E-state index is 13.2. The summed E-state index contributed by atoms with van der Waals surface area (Å²) in [4.78, 5) is 54.0. The number of nitrogens with zero attached hydrogens (tertiary/aromatic N) is 3. The Labute approximate surface area is 146 Å². The van der Waals surface area contributed by atoms with Crippen LogP contribution in [0.5, 0.6) is 0 Å². The molecule has 2 aliphatic heterocycles. The van der Waals surface area contributed by atoms with Crippen molar-refractivity contribution in [1.29, 1.82) is 0 Å². The minimum Gasteiger partial charge on any atom is -0.480 e. The lowest BCUT2D eigenvalue weighted by atomic mass is 9.92. The van der Waals surface area contributed by atoms with Crippen LogP contribution in [0.25, 0.3) is 0 Å². The predicted molar refractivity (Wildman–Crippen MR) is 87.5 cm³/mol. The lowest BCUT2D eigenvalue weighted by molar-refractivity contribution is -0.158. The van der Waals surface area contributed by atoms with Gasteiger partial charge in [0.05, 0.1) is 6.54 Å². The van der Waals surface area contributed by atoms with Gasteiger partial charge < -0.3 is 14.9 Å². The summed E-state index contributed by atoms with van der Waals surface area (Å²) in [6, 6.07) is -1.04. The fourth-order valence-corrected chi connectivity index (χ4v) is 4.84. The summed E-state index contributed by atoms with van der Waals surface area (Å²) in [6.45, 7) is 9.72. The molecule has 3 aliphatic rings. The number of carboxylic acids is 1. The molecule has 8 nitrogen and oxygen atoms in total. The number of carboxylic acid groups (broad SMARTS) is 1. The predicted octanol–water partition coefficient (Wildman–Crippen LogP) is 0.618. The number of hydrogen-bond acceptors (Lipinski definition) is 4. The third-order valence-corrected chi connectivity index (χ3v) is 7.03. The largest absolute Gasteiger partial charge is 0.480 e. The molecule has 8 heteroatoms. The van der Waals surface area contributed by atoms with Gasteiger partial charge in [-0.2, -0.15) is 0 Å². The number of likely N-dealkylation sites (N-methyl/N-ethyl adjacent to an activating group) is 1. The van der Waals surface area contributed by atoms with Gasteiger partial charge in [0.2, 0.25) is 5.91 Å². The van der Waals surface area contributed by atoms with Crippen molar-refractivity contribution in [3.05, 3.63) is 0 Å². The van der Waals surface area contributed by atoms with Crippen LogP contribution in [-0.2, 0) is 14.4 Å². The second-order valence-corrected chi connectivity index (χ2v) is 8.13. The minimum atomic E-state index is -1.50. The number of piperazine rings is 1. The van der Waals surface area contributed by atoms with Crippen LogP contribution in [0.15, 0.2) is 0 Å². The van der Waals surface area contributed by atoms with Gasteiger partial charge in [0.1, 0.15) is 6.04 Å². The molecule has 138 valence electrons. The van der Waals surface area contributed by atoms with E-state index in [1.165, 1.54) is 14.7 Å². The van der Waals surface area contributed by atoms with Crippen molar-refractivity contribution >= 4 is 23.8 Å². The molecule has 1 saturated carbocycles. The highest BCUT2D eigenvalue weighted by atomic mass is 16.4. The molecule has 4 amide bonds. The van der Waals surface area contributed by atoms with Crippen molar-refractivity contribution in [1.82, 2.24) is 14.7 Å². The van der Waals surface area contributed by atoms with Gasteiger partial charge in [0, 0.05) is 19.6 Å². The zero-order chi connectivity index (χ0) is 18.9. The number of hydrogen-bond donors (Lipinski definition) is 1. The smallest absolute Gasteiger partial charge is 0.327 e. The van der Waals surface area contributed by atoms with E-state index >= 15 is 0 Å². The van der Waals surface area contributed by atoms with E-state index in [0.29, 0.717) is 0 Å². The summed E-state index contributed by atoms with van der Waals surface area (Å²) in [6.07, 6.45) is 0. The average Bonchev–Trinajstić information content (AvgIpc) is 2.76. The van der Waals surface area contributed by atoms with Crippen LogP contribution < -0.4 is 0 Å². The standard InChI is InChI=1S/C17H25N3O5/c1-6-19-11(21)10-9-18(7-8-20(10)14(19)25)12(22)17(13(23)24)15(2,3)16(17,4)5/h10H,6-9H2,1-5H3,(H,23,24). The number of rotatable bonds is 3. The number of urea groups is 1. The zero-order valence-electron chi connectivity index (χ0n) is 15.3. The van der Waals surface area contributed by atoms with E-state index in [0.717, 1.165) is 0 Å². The Hall–Kier alpha value is -2.12. The van der Waals surface area contributed by atoms with E-state index < -0.39 is 34.2 Å². The number of fused-ring (bicyclic) bond motifs is 1. The fourth-order valence-electron chi connectivity index (χ4n) is 4.84. The number of carbonyl (C=O) groups excluding carboxylic acids is 3. The monoisotopic (exact) mass is 351 g/mol. The Morgan fingerprint density at radius 1 is 1.12 bits per heavy atom. The molecule has 1 N–H and O–H groups in total. The molecule has 0 radical (unpaired) electrons. The molecule has 0 aromatic rings. The molecule has 0 spiro atoms. The Kier molecular flexibility index (Phi) is 3.51. The van der Waals surface area contributed by atoms with E-state index in [4.69, 9.17) is 0 Å². The van der Waals surface area contributed by atoms with Crippen LogP contribution in [0.4, 0.5) is 4.79 Å². The molecular formula is C17H25N3O5. The van der Waals surface area contributed by atoms with Crippen molar-refractivity contribution in [3.8, 4) is 0 Å². The molecule has 2 saturated heterocycles. The Morgan fingerprint density at radius 3 is 2.12 bits per heavy atom. The van der Waals surface area contributed by atoms with E-state index in [-0.39, 0.29) is 38.1 Å². The van der Waals surface area contributed by atoms with Crippen molar-refractivity contribution in [3.63, 3.8) is 0 Å². The lowest BCUT2D eigenvalue weighted by Crippen LogP contribution is -2.57. The van der Waals surface area contributed by atoms with Crippen LogP contribution in [0, 0.1) is 16.2 Å². The van der Waals surface area contributed by atoms with Crippen LogP contribution >= 0.6 is 0 Å². The number of aliphatic carboxylic acids is 1. The molecule has 0 aromatic carbocycles. The lowest BCUT2D eigenvalue weighted by Gasteiger charge is -2.37. The van der Waals surface area contributed by atoms with Gasteiger partial charge in [-0.25, -0.2) is 4.79 Å². The number of carbonyl (C=O) groups is 4. The first-order chi connectivity index (χ1) is 11.5. The Bertz CT molecular complexity index is 670. The van der Waals surface area contributed by atoms with Crippen LogP contribution in [0.2, 0.25) is 0 Å². The zero-order valence-corrected chi connectivity index (χ0v) is 15.3. The highest BCUT2D eigenvalue weighted by Crippen LogP contribution is 2.78. The Morgan fingerprint density at radius 2 is 1.68 bits per heavy atom. The van der Waals surface area contributed by atoms with Crippen molar-refractivity contribution in [2.45, 2.75) is 40.7 Å².